The quantitative estimate of drug-likeness (QED) is 0.690. The van der Waals surface area contributed by atoms with Crippen LogP contribution in [0.3, 0.4) is 0 Å². The maximum Gasteiger partial charge on any atom is 0.236 e. The molecule has 1 saturated heterocycles. The summed E-state index contributed by atoms with van der Waals surface area (Å²) in [6.07, 6.45) is 4.32. The van der Waals surface area contributed by atoms with Crippen molar-refractivity contribution in [2.45, 2.75) is 45.6 Å². The van der Waals surface area contributed by atoms with Crippen LogP contribution in [0.2, 0.25) is 0 Å². The van der Waals surface area contributed by atoms with Gasteiger partial charge in [0.25, 0.3) is 0 Å². The van der Waals surface area contributed by atoms with Gasteiger partial charge in [0.05, 0.1) is 32.4 Å². The second-order valence-electron chi connectivity index (χ2n) is 5.47. The number of morpholine rings is 1. The predicted octanol–water partition coefficient (Wildman–Crippen LogP) is 1.11. The van der Waals surface area contributed by atoms with Crippen molar-refractivity contribution in [3.05, 3.63) is 0 Å². The molecule has 1 rings (SSSR count). The van der Waals surface area contributed by atoms with Crippen molar-refractivity contribution >= 4 is 5.91 Å². The van der Waals surface area contributed by atoms with Crippen LogP contribution in [0.4, 0.5) is 0 Å². The minimum Gasteiger partial charge on any atom is -0.395 e. The number of ether oxygens (including phenoxy) is 1. The Hall–Kier alpha value is -0.650. The molecule has 1 aliphatic rings. The molecule has 1 aliphatic heterocycles. The number of rotatable bonds is 9. The number of unbranched alkanes of at least 4 members (excludes halogenated alkanes) is 2. The maximum absolute atomic E-state index is 12.4. The molecule has 5 nitrogen and oxygen atoms in total. The molecule has 0 bridgehead atoms. The normalized spacial score (nSPS) is 20.1. The summed E-state index contributed by atoms with van der Waals surface area (Å²) in [5, 5.41) is 9.35. The largest absolute Gasteiger partial charge is 0.395 e. The van der Waals surface area contributed by atoms with Crippen LogP contribution in [0.15, 0.2) is 0 Å². The number of amides is 1. The Morgan fingerprint density at radius 1 is 1.30 bits per heavy atom. The van der Waals surface area contributed by atoms with E-state index in [1.165, 1.54) is 0 Å². The molecule has 5 heteroatoms. The van der Waals surface area contributed by atoms with Gasteiger partial charge in [0.2, 0.25) is 5.91 Å². The number of hydrogen-bond donors (Lipinski definition) is 1. The fourth-order valence-electron chi connectivity index (χ4n) is 2.40. The Morgan fingerprint density at radius 3 is 2.50 bits per heavy atom. The Labute approximate surface area is 122 Å². The van der Waals surface area contributed by atoms with Crippen LogP contribution in [0.25, 0.3) is 0 Å². The Morgan fingerprint density at radius 2 is 1.95 bits per heavy atom. The topological polar surface area (TPSA) is 53.0 Å². The molecule has 1 amide bonds. The van der Waals surface area contributed by atoms with E-state index >= 15 is 0 Å². The molecule has 118 valence electrons. The molecule has 0 aromatic rings. The van der Waals surface area contributed by atoms with Crippen LogP contribution < -0.4 is 0 Å². The molecule has 0 aromatic heterocycles. The highest BCUT2D eigenvalue weighted by Gasteiger charge is 2.25. The molecule has 1 atom stereocenters. The molecule has 1 unspecified atom stereocenters. The van der Waals surface area contributed by atoms with Crippen LogP contribution in [0.1, 0.15) is 39.5 Å². The van der Waals surface area contributed by atoms with Gasteiger partial charge in [0.15, 0.2) is 0 Å². The van der Waals surface area contributed by atoms with Crippen LogP contribution in [-0.4, -0.2) is 72.9 Å². The van der Waals surface area contributed by atoms with E-state index in [4.69, 9.17) is 4.74 Å². The first-order valence-corrected chi connectivity index (χ1v) is 7.93. The lowest BCUT2D eigenvalue weighted by Crippen LogP contribution is -2.52. The lowest BCUT2D eigenvalue weighted by Gasteiger charge is -2.35. The third-order valence-corrected chi connectivity index (χ3v) is 3.81. The number of aliphatic hydroxyl groups is 1. The van der Waals surface area contributed by atoms with Gasteiger partial charge in [-0.15, -0.1) is 0 Å². The third-order valence-electron chi connectivity index (χ3n) is 3.81. The molecule has 1 heterocycles. The Bertz CT molecular complexity index is 266. The first-order valence-electron chi connectivity index (χ1n) is 7.93. The number of hydrogen-bond acceptors (Lipinski definition) is 4. The molecule has 1 fully saturated rings. The summed E-state index contributed by atoms with van der Waals surface area (Å²) in [6.45, 7) is 8.35. The van der Waals surface area contributed by atoms with E-state index in [1.807, 2.05) is 4.90 Å². The minimum absolute atomic E-state index is 0.0353. The van der Waals surface area contributed by atoms with Crippen molar-refractivity contribution < 1.29 is 14.6 Å². The van der Waals surface area contributed by atoms with Crippen molar-refractivity contribution in [3.8, 4) is 0 Å². The van der Waals surface area contributed by atoms with Gasteiger partial charge >= 0.3 is 0 Å². The molecular weight excluding hydrogens is 256 g/mol. The monoisotopic (exact) mass is 286 g/mol. The van der Waals surface area contributed by atoms with Crippen molar-refractivity contribution in [1.82, 2.24) is 9.80 Å². The highest BCUT2D eigenvalue weighted by Crippen LogP contribution is 2.08. The van der Waals surface area contributed by atoms with E-state index in [2.05, 4.69) is 18.7 Å². The van der Waals surface area contributed by atoms with Gasteiger partial charge in [-0.3, -0.25) is 9.69 Å². The van der Waals surface area contributed by atoms with Gasteiger partial charge in [-0.2, -0.15) is 0 Å². The zero-order valence-corrected chi connectivity index (χ0v) is 13.0. The molecule has 0 radical (unpaired) electrons. The van der Waals surface area contributed by atoms with Crippen molar-refractivity contribution in [2.75, 3.05) is 46.0 Å². The zero-order valence-electron chi connectivity index (χ0n) is 13.0. The molecule has 0 saturated carbocycles. The number of aliphatic hydroxyl groups excluding tert-OH is 1. The zero-order chi connectivity index (χ0) is 14.8. The summed E-state index contributed by atoms with van der Waals surface area (Å²) in [5.74, 6) is 0.187. The third kappa shape index (κ3) is 5.77. The number of nitrogens with zero attached hydrogens (tertiary/aromatic N) is 2. The van der Waals surface area contributed by atoms with Gasteiger partial charge in [0, 0.05) is 19.6 Å². The smallest absolute Gasteiger partial charge is 0.236 e. The Balaban J connectivity index is 2.49. The lowest BCUT2D eigenvalue weighted by atomic mass is 10.2. The van der Waals surface area contributed by atoms with E-state index in [-0.39, 0.29) is 18.6 Å². The highest BCUT2D eigenvalue weighted by molar-refractivity contribution is 5.78. The first kappa shape index (κ1) is 17.4. The summed E-state index contributed by atoms with van der Waals surface area (Å²) < 4.78 is 5.35. The standard InChI is InChI=1S/C15H30N2O3/c1-3-5-7-16(8-6-4-2)15(19)11-17-9-10-20-13-14(17)12-18/h14,18H,3-13H2,1-2H3. The SMILES string of the molecule is CCCCN(CCCC)C(=O)CN1CCOCC1CO. The summed E-state index contributed by atoms with van der Waals surface area (Å²) in [4.78, 5) is 16.5. The average Bonchev–Trinajstić information content (AvgIpc) is 2.47. The van der Waals surface area contributed by atoms with Crippen molar-refractivity contribution in [3.63, 3.8) is 0 Å². The van der Waals surface area contributed by atoms with Crippen LogP contribution >= 0.6 is 0 Å². The van der Waals surface area contributed by atoms with Crippen LogP contribution in [0, 0.1) is 0 Å². The Kier molecular flexibility index (Phi) is 8.82. The number of carbonyl (C=O) groups excluding carboxylic acids is 1. The summed E-state index contributed by atoms with van der Waals surface area (Å²) >= 11 is 0. The summed E-state index contributed by atoms with van der Waals surface area (Å²) in [6, 6.07) is -0.0353. The summed E-state index contributed by atoms with van der Waals surface area (Å²) in [7, 11) is 0. The fraction of sp³-hybridized carbons (Fsp3) is 0.933. The van der Waals surface area contributed by atoms with Crippen LogP contribution in [0.5, 0.6) is 0 Å². The number of carbonyl (C=O) groups is 1. The second-order valence-corrected chi connectivity index (χ2v) is 5.47. The van der Waals surface area contributed by atoms with Crippen LogP contribution in [-0.2, 0) is 9.53 Å². The van der Waals surface area contributed by atoms with Gasteiger partial charge in [-0.25, -0.2) is 0 Å². The lowest BCUT2D eigenvalue weighted by molar-refractivity contribution is -0.135. The van der Waals surface area contributed by atoms with E-state index < -0.39 is 0 Å². The van der Waals surface area contributed by atoms with Gasteiger partial charge < -0.3 is 14.7 Å². The second kappa shape index (κ2) is 10.1. The van der Waals surface area contributed by atoms with Gasteiger partial charge in [-0.05, 0) is 12.8 Å². The first-order chi connectivity index (χ1) is 9.72. The molecule has 0 aliphatic carbocycles. The predicted molar refractivity (Wildman–Crippen MR) is 79.7 cm³/mol. The van der Waals surface area contributed by atoms with E-state index in [1.54, 1.807) is 0 Å². The molecular formula is C15H30N2O3. The van der Waals surface area contributed by atoms with E-state index in [0.29, 0.717) is 19.8 Å². The fourth-order valence-corrected chi connectivity index (χ4v) is 2.40. The molecule has 0 spiro atoms. The molecule has 1 N–H and O–H groups in total. The minimum atomic E-state index is -0.0353. The van der Waals surface area contributed by atoms with Gasteiger partial charge in [-0.1, -0.05) is 26.7 Å². The van der Waals surface area contributed by atoms with E-state index in [0.717, 1.165) is 45.3 Å². The highest BCUT2D eigenvalue weighted by atomic mass is 16.5. The van der Waals surface area contributed by atoms with Crippen molar-refractivity contribution in [1.29, 1.82) is 0 Å². The summed E-state index contributed by atoms with van der Waals surface area (Å²) in [5.41, 5.74) is 0. The van der Waals surface area contributed by atoms with Gasteiger partial charge in [0.1, 0.15) is 0 Å². The van der Waals surface area contributed by atoms with E-state index in [9.17, 15) is 9.90 Å². The molecule has 20 heavy (non-hydrogen) atoms. The molecule has 0 aromatic carbocycles. The average molecular weight is 286 g/mol. The maximum atomic E-state index is 12.4. The van der Waals surface area contributed by atoms with Crippen molar-refractivity contribution in [2.24, 2.45) is 0 Å².